The van der Waals surface area contributed by atoms with Gasteiger partial charge in [-0.05, 0) is 44.5 Å². The normalized spacial score (nSPS) is 11.4. The lowest BCUT2D eigenvalue weighted by Crippen LogP contribution is -2.17. The van der Waals surface area contributed by atoms with Crippen LogP contribution >= 0.6 is 0 Å². The van der Waals surface area contributed by atoms with Crippen LogP contribution in [0.2, 0.25) is 0 Å². The molecule has 0 aliphatic rings. The van der Waals surface area contributed by atoms with Crippen LogP contribution in [0.25, 0.3) is 5.69 Å². The lowest BCUT2D eigenvalue weighted by Gasteiger charge is -2.07. The Morgan fingerprint density at radius 3 is 2.48 bits per heavy atom. The third-order valence-electron chi connectivity index (χ3n) is 4.37. The maximum atomic E-state index is 12.6. The summed E-state index contributed by atoms with van der Waals surface area (Å²) in [7, 11) is 0. The number of aromatic nitrogens is 2. The predicted octanol–water partition coefficient (Wildman–Crippen LogP) is 2.86. The molecule has 0 spiro atoms. The van der Waals surface area contributed by atoms with Crippen molar-refractivity contribution in [3.63, 3.8) is 0 Å². The first-order valence-corrected chi connectivity index (χ1v) is 8.42. The van der Waals surface area contributed by atoms with Gasteiger partial charge in [-0.1, -0.05) is 35.5 Å². The third-order valence-corrected chi connectivity index (χ3v) is 4.37. The molecule has 0 saturated heterocycles. The first kappa shape index (κ1) is 18.2. The molecule has 4 N–H and O–H groups in total. The van der Waals surface area contributed by atoms with Crippen molar-refractivity contribution in [1.29, 1.82) is 0 Å². The van der Waals surface area contributed by atoms with Gasteiger partial charge in [0.2, 0.25) is 0 Å². The molecule has 0 radical (unpaired) electrons. The highest BCUT2D eigenvalue weighted by Crippen LogP contribution is 2.19. The Labute approximate surface area is 157 Å². The number of aryl methyl sites for hydroxylation is 1. The first-order valence-electron chi connectivity index (χ1n) is 8.42. The molecule has 3 rings (SSSR count). The van der Waals surface area contributed by atoms with E-state index in [0.29, 0.717) is 28.2 Å². The number of benzene rings is 2. The number of nitrogen functional groups attached to an aromatic ring is 1. The summed E-state index contributed by atoms with van der Waals surface area (Å²) in [5.74, 6) is -0.532. The third kappa shape index (κ3) is 3.52. The van der Waals surface area contributed by atoms with E-state index in [0.717, 1.165) is 11.3 Å². The standard InChI is InChI=1S/C20H21N5O2/c1-12-16(10-7-11-17(12)21)19(22)24-27-20(26)18-13(2)23-25(14(18)3)15-8-5-4-6-9-15/h4-11H,21H2,1-3H3,(H2,22,24). The molecule has 0 saturated carbocycles. The Morgan fingerprint density at radius 1 is 1.07 bits per heavy atom. The Kier molecular flexibility index (Phi) is 4.94. The van der Waals surface area contributed by atoms with Gasteiger partial charge in [-0.15, -0.1) is 0 Å². The number of carbonyl (C=O) groups is 1. The topological polar surface area (TPSA) is 109 Å². The van der Waals surface area contributed by atoms with E-state index < -0.39 is 5.97 Å². The highest BCUT2D eigenvalue weighted by atomic mass is 16.7. The fourth-order valence-electron chi connectivity index (χ4n) is 2.88. The number of rotatable bonds is 4. The second-order valence-electron chi connectivity index (χ2n) is 6.17. The van der Waals surface area contributed by atoms with E-state index in [4.69, 9.17) is 16.3 Å². The SMILES string of the molecule is Cc1nn(-c2ccccc2)c(C)c1C(=O)O/N=C(\N)c1cccc(N)c1C. The van der Waals surface area contributed by atoms with Crippen LogP contribution in [0.3, 0.4) is 0 Å². The van der Waals surface area contributed by atoms with Gasteiger partial charge in [0, 0.05) is 11.3 Å². The molecular weight excluding hydrogens is 342 g/mol. The molecule has 0 bridgehead atoms. The monoisotopic (exact) mass is 363 g/mol. The number of para-hydroxylation sites is 1. The Bertz CT molecular complexity index is 1020. The maximum absolute atomic E-state index is 12.6. The highest BCUT2D eigenvalue weighted by Gasteiger charge is 2.21. The zero-order valence-electron chi connectivity index (χ0n) is 15.4. The minimum Gasteiger partial charge on any atom is -0.398 e. The van der Waals surface area contributed by atoms with Crippen LogP contribution in [0.5, 0.6) is 0 Å². The average molecular weight is 363 g/mol. The van der Waals surface area contributed by atoms with Gasteiger partial charge in [-0.2, -0.15) is 5.10 Å². The number of anilines is 1. The van der Waals surface area contributed by atoms with Crippen LogP contribution in [0.15, 0.2) is 53.7 Å². The van der Waals surface area contributed by atoms with Crippen molar-refractivity contribution < 1.29 is 9.63 Å². The molecule has 0 aliphatic carbocycles. The second kappa shape index (κ2) is 7.33. The van der Waals surface area contributed by atoms with Gasteiger partial charge in [0.1, 0.15) is 5.56 Å². The predicted molar refractivity (Wildman–Crippen MR) is 105 cm³/mol. The number of hydrogen-bond acceptors (Lipinski definition) is 5. The van der Waals surface area contributed by atoms with Crippen molar-refractivity contribution in [3.8, 4) is 5.69 Å². The van der Waals surface area contributed by atoms with E-state index in [1.807, 2.05) is 37.3 Å². The number of oxime groups is 1. The maximum Gasteiger partial charge on any atom is 0.369 e. The Morgan fingerprint density at radius 2 is 1.78 bits per heavy atom. The van der Waals surface area contributed by atoms with Crippen molar-refractivity contribution in [2.45, 2.75) is 20.8 Å². The molecule has 7 nitrogen and oxygen atoms in total. The van der Waals surface area contributed by atoms with Crippen LogP contribution in [-0.2, 0) is 4.84 Å². The van der Waals surface area contributed by atoms with Crippen molar-refractivity contribution in [3.05, 3.63) is 76.6 Å². The molecule has 0 atom stereocenters. The van der Waals surface area contributed by atoms with E-state index in [1.165, 1.54) is 0 Å². The van der Waals surface area contributed by atoms with Crippen molar-refractivity contribution in [2.75, 3.05) is 5.73 Å². The van der Waals surface area contributed by atoms with E-state index in [9.17, 15) is 4.79 Å². The lowest BCUT2D eigenvalue weighted by atomic mass is 10.1. The summed E-state index contributed by atoms with van der Waals surface area (Å²) < 4.78 is 1.70. The van der Waals surface area contributed by atoms with Crippen LogP contribution in [0.4, 0.5) is 5.69 Å². The summed E-state index contributed by atoms with van der Waals surface area (Å²) in [6.45, 7) is 5.38. The smallest absolute Gasteiger partial charge is 0.369 e. The minimum absolute atomic E-state index is 0.0823. The number of nitrogens with zero attached hydrogens (tertiary/aromatic N) is 3. The van der Waals surface area contributed by atoms with Gasteiger partial charge in [0.15, 0.2) is 5.84 Å². The van der Waals surface area contributed by atoms with Gasteiger partial charge >= 0.3 is 5.97 Å². The minimum atomic E-state index is -0.614. The summed E-state index contributed by atoms with van der Waals surface area (Å²) in [5, 5.41) is 8.22. The molecule has 0 amide bonds. The van der Waals surface area contributed by atoms with Crippen LogP contribution in [0, 0.1) is 20.8 Å². The first-order chi connectivity index (χ1) is 12.9. The average Bonchev–Trinajstić information content (AvgIpc) is 2.97. The number of nitrogens with two attached hydrogens (primary N) is 2. The van der Waals surface area contributed by atoms with Gasteiger partial charge in [0.05, 0.1) is 17.1 Å². The summed E-state index contributed by atoms with van der Waals surface area (Å²) in [4.78, 5) is 17.6. The molecule has 27 heavy (non-hydrogen) atoms. The second-order valence-corrected chi connectivity index (χ2v) is 6.17. The molecular formula is C20H21N5O2. The van der Waals surface area contributed by atoms with Crippen molar-refractivity contribution >= 4 is 17.5 Å². The number of amidine groups is 1. The molecule has 138 valence electrons. The number of carbonyl (C=O) groups excluding carboxylic acids is 1. The van der Waals surface area contributed by atoms with Gasteiger partial charge in [-0.25, -0.2) is 9.48 Å². The molecule has 0 aliphatic heterocycles. The largest absolute Gasteiger partial charge is 0.398 e. The molecule has 1 heterocycles. The molecule has 0 unspecified atom stereocenters. The van der Waals surface area contributed by atoms with E-state index in [-0.39, 0.29) is 5.84 Å². The summed E-state index contributed by atoms with van der Waals surface area (Å²) in [5.41, 5.74) is 16.3. The molecule has 1 aromatic heterocycles. The lowest BCUT2D eigenvalue weighted by molar-refractivity contribution is 0.0514. The van der Waals surface area contributed by atoms with Crippen LogP contribution in [-0.4, -0.2) is 21.6 Å². The molecule has 2 aromatic carbocycles. The fraction of sp³-hybridized carbons (Fsp3) is 0.150. The zero-order chi connectivity index (χ0) is 19.6. The summed E-state index contributed by atoms with van der Waals surface area (Å²) in [6.07, 6.45) is 0. The Balaban J connectivity index is 1.87. The highest BCUT2D eigenvalue weighted by molar-refractivity contribution is 6.00. The van der Waals surface area contributed by atoms with Crippen LogP contribution < -0.4 is 11.5 Å². The van der Waals surface area contributed by atoms with Gasteiger partial charge in [0.25, 0.3) is 0 Å². The van der Waals surface area contributed by atoms with Crippen LogP contribution in [0.1, 0.15) is 32.9 Å². The Hall–Kier alpha value is -3.61. The van der Waals surface area contributed by atoms with Gasteiger partial charge in [-0.3, -0.25) is 0 Å². The van der Waals surface area contributed by atoms with E-state index >= 15 is 0 Å². The van der Waals surface area contributed by atoms with E-state index in [2.05, 4.69) is 10.3 Å². The number of hydrogen-bond donors (Lipinski definition) is 2. The van der Waals surface area contributed by atoms with E-state index in [1.54, 1.807) is 36.7 Å². The summed E-state index contributed by atoms with van der Waals surface area (Å²) >= 11 is 0. The molecule has 0 fully saturated rings. The molecule has 3 aromatic rings. The van der Waals surface area contributed by atoms with Gasteiger partial charge < -0.3 is 16.3 Å². The molecule has 7 heteroatoms. The van der Waals surface area contributed by atoms with Crippen molar-refractivity contribution in [2.24, 2.45) is 10.9 Å². The quantitative estimate of drug-likeness (QED) is 0.244. The van der Waals surface area contributed by atoms with Crippen molar-refractivity contribution in [1.82, 2.24) is 9.78 Å². The zero-order valence-corrected chi connectivity index (χ0v) is 15.4. The summed E-state index contributed by atoms with van der Waals surface area (Å²) in [6, 6.07) is 14.8. The fourth-order valence-corrected chi connectivity index (χ4v) is 2.88.